The van der Waals surface area contributed by atoms with Crippen molar-refractivity contribution in [3.05, 3.63) is 54.1 Å². The van der Waals surface area contributed by atoms with Gasteiger partial charge in [0.1, 0.15) is 4.83 Å². The van der Waals surface area contributed by atoms with Gasteiger partial charge in [-0.15, -0.1) is 11.3 Å². The van der Waals surface area contributed by atoms with Crippen LogP contribution in [0.25, 0.3) is 10.2 Å². The summed E-state index contributed by atoms with van der Waals surface area (Å²) < 4.78 is 1.53. The Balaban J connectivity index is 1.79. The molecule has 0 unspecified atom stereocenters. The zero-order valence-corrected chi connectivity index (χ0v) is 16.2. The molecule has 0 radical (unpaired) electrons. The van der Waals surface area contributed by atoms with Crippen molar-refractivity contribution in [2.45, 2.75) is 35.7 Å². The average Bonchev–Trinajstić information content (AvgIpc) is 2.99. The maximum atomic E-state index is 12.9. The van der Waals surface area contributed by atoms with Gasteiger partial charge >= 0.3 is 0 Å². The summed E-state index contributed by atoms with van der Waals surface area (Å²) in [7, 11) is 1.70. The van der Waals surface area contributed by atoms with Crippen LogP contribution in [0.1, 0.15) is 23.3 Å². The largest absolute Gasteiger partial charge is 0.290 e. The molecule has 2 heterocycles. The van der Waals surface area contributed by atoms with E-state index in [9.17, 15) is 14.9 Å². The van der Waals surface area contributed by atoms with Gasteiger partial charge in [0.25, 0.3) is 11.2 Å². The van der Waals surface area contributed by atoms with Crippen LogP contribution in [0, 0.1) is 10.1 Å². The van der Waals surface area contributed by atoms with Crippen LogP contribution >= 0.6 is 34.7 Å². The molecule has 0 atom stereocenters. The van der Waals surface area contributed by atoms with Crippen LogP contribution in [0.3, 0.4) is 0 Å². The molecule has 0 bridgehead atoms. The van der Waals surface area contributed by atoms with Gasteiger partial charge in [-0.1, -0.05) is 11.6 Å². The summed E-state index contributed by atoms with van der Waals surface area (Å²) in [6.45, 7) is 0. The quantitative estimate of drug-likeness (QED) is 0.360. The SMILES string of the molecule is Cn1c(Sc2ccc([N+](=O)[O-])cc2Cl)nc2sc3c(c2c1=O)CCCC3. The second kappa shape index (κ2) is 6.68. The third-order valence-electron chi connectivity index (χ3n) is 4.48. The number of rotatable bonds is 3. The summed E-state index contributed by atoms with van der Waals surface area (Å²) in [6, 6.07) is 4.29. The lowest BCUT2D eigenvalue weighted by Crippen LogP contribution is -2.20. The van der Waals surface area contributed by atoms with Gasteiger partial charge in [0.15, 0.2) is 5.16 Å². The fourth-order valence-electron chi connectivity index (χ4n) is 3.14. The van der Waals surface area contributed by atoms with E-state index in [1.807, 2.05) is 0 Å². The third kappa shape index (κ3) is 2.91. The molecular formula is C17H14ClN3O3S2. The summed E-state index contributed by atoms with van der Waals surface area (Å²) in [4.78, 5) is 30.6. The highest BCUT2D eigenvalue weighted by Crippen LogP contribution is 2.37. The summed E-state index contributed by atoms with van der Waals surface area (Å²) in [5.41, 5.74) is 1.05. The van der Waals surface area contributed by atoms with E-state index in [2.05, 4.69) is 4.98 Å². The number of nitro benzene ring substituents is 1. The molecule has 2 aromatic heterocycles. The van der Waals surface area contributed by atoms with Gasteiger partial charge < -0.3 is 0 Å². The summed E-state index contributed by atoms with van der Waals surface area (Å²) >= 11 is 9.02. The molecule has 4 rings (SSSR count). The molecular weight excluding hydrogens is 394 g/mol. The zero-order chi connectivity index (χ0) is 18.4. The van der Waals surface area contributed by atoms with Gasteiger partial charge in [-0.2, -0.15) is 0 Å². The number of non-ortho nitro benzene ring substituents is 1. The first-order valence-electron chi connectivity index (χ1n) is 8.09. The fourth-order valence-corrected chi connectivity index (χ4v) is 5.59. The molecule has 1 aliphatic carbocycles. The minimum atomic E-state index is -0.490. The Bertz CT molecular complexity index is 1110. The number of aromatic nitrogens is 2. The van der Waals surface area contributed by atoms with Crippen LogP contribution in [-0.4, -0.2) is 14.5 Å². The van der Waals surface area contributed by atoms with Crippen molar-refractivity contribution in [1.82, 2.24) is 9.55 Å². The smallest absolute Gasteiger partial charge is 0.270 e. The lowest BCUT2D eigenvalue weighted by Gasteiger charge is -2.11. The highest BCUT2D eigenvalue weighted by Gasteiger charge is 2.22. The Morgan fingerprint density at radius 1 is 1.35 bits per heavy atom. The van der Waals surface area contributed by atoms with Crippen molar-refractivity contribution < 1.29 is 4.92 Å². The Morgan fingerprint density at radius 3 is 2.85 bits per heavy atom. The van der Waals surface area contributed by atoms with Crippen molar-refractivity contribution in [1.29, 1.82) is 0 Å². The number of benzene rings is 1. The summed E-state index contributed by atoms with van der Waals surface area (Å²) in [5.74, 6) is 0. The van der Waals surface area contributed by atoms with Crippen molar-refractivity contribution >= 4 is 50.6 Å². The number of aryl methyl sites for hydroxylation is 2. The lowest BCUT2D eigenvalue weighted by atomic mass is 9.97. The Labute approximate surface area is 162 Å². The van der Waals surface area contributed by atoms with Crippen molar-refractivity contribution in [2.24, 2.45) is 7.05 Å². The molecule has 26 heavy (non-hydrogen) atoms. The molecule has 1 aromatic carbocycles. The second-order valence-corrected chi connectivity index (χ2v) is 8.62. The minimum Gasteiger partial charge on any atom is -0.290 e. The monoisotopic (exact) mass is 407 g/mol. The zero-order valence-electron chi connectivity index (χ0n) is 13.8. The Morgan fingerprint density at radius 2 is 2.12 bits per heavy atom. The average molecular weight is 408 g/mol. The van der Waals surface area contributed by atoms with Crippen LogP contribution in [-0.2, 0) is 19.9 Å². The number of hydrogen-bond donors (Lipinski definition) is 0. The molecule has 0 saturated carbocycles. The first kappa shape index (κ1) is 17.5. The van der Waals surface area contributed by atoms with Crippen LogP contribution in [0.2, 0.25) is 5.02 Å². The minimum absolute atomic E-state index is 0.0464. The summed E-state index contributed by atoms with van der Waals surface area (Å²) in [6.07, 6.45) is 4.21. The van der Waals surface area contributed by atoms with Gasteiger partial charge in [-0.05, 0) is 49.1 Å². The van der Waals surface area contributed by atoms with E-state index in [1.165, 1.54) is 33.3 Å². The van der Waals surface area contributed by atoms with Gasteiger partial charge in [0.2, 0.25) is 0 Å². The first-order chi connectivity index (χ1) is 12.5. The van der Waals surface area contributed by atoms with E-state index in [-0.39, 0.29) is 16.3 Å². The van der Waals surface area contributed by atoms with Crippen molar-refractivity contribution in [3.8, 4) is 0 Å². The van der Waals surface area contributed by atoms with E-state index in [4.69, 9.17) is 11.6 Å². The predicted molar refractivity (Wildman–Crippen MR) is 104 cm³/mol. The maximum absolute atomic E-state index is 12.9. The normalized spacial score (nSPS) is 13.8. The van der Waals surface area contributed by atoms with E-state index >= 15 is 0 Å². The van der Waals surface area contributed by atoms with E-state index < -0.39 is 4.92 Å². The molecule has 6 nitrogen and oxygen atoms in total. The number of halogens is 1. The van der Waals surface area contributed by atoms with Crippen LogP contribution in [0.15, 0.2) is 33.0 Å². The highest BCUT2D eigenvalue weighted by molar-refractivity contribution is 7.99. The Kier molecular flexibility index (Phi) is 4.50. The predicted octanol–water partition coefficient (Wildman–Crippen LogP) is 4.59. The highest BCUT2D eigenvalue weighted by atomic mass is 35.5. The molecule has 3 aromatic rings. The molecule has 0 amide bonds. The third-order valence-corrected chi connectivity index (χ3v) is 7.22. The van der Waals surface area contributed by atoms with E-state index in [1.54, 1.807) is 24.5 Å². The van der Waals surface area contributed by atoms with Crippen LogP contribution in [0.5, 0.6) is 0 Å². The molecule has 0 aliphatic heterocycles. The molecule has 134 valence electrons. The number of fused-ring (bicyclic) bond motifs is 3. The Hall–Kier alpha value is -1.90. The number of nitro groups is 1. The van der Waals surface area contributed by atoms with Gasteiger partial charge in [-0.3, -0.25) is 19.5 Å². The molecule has 0 N–H and O–H groups in total. The van der Waals surface area contributed by atoms with Crippen molar-refractivity contribution in [2.75, 3.05) is 0 Å². The van der Waals surface area contributed by atoms with Crippen LogP contribution < -0.4 is 5.56 Å². The number of nitrogens with zero attached hydrogens (tertiary/aromatic N) is 3. The maximum Gasteiger partial charge on any atom is 0.270 e. The molecule has 0 fully saturated rings. The fraction of sp³-hybridized carbons (Fsp3) is 0.294. The molecule has 9 heteroatoms. The van der Waals surface area contributed by atoms with Crippen LogP contribution in [0.4, 0.5) is 5.69 Å². The van der Waals surface area contributed by atoms with E-state index in [0.29, 0.717) is 10.1 Å². The standard InChI is InChI=1S/C17H14ClN3O3S2/c1-20-16(22)14-10-4-2-3-5-12(10)25-15(14)19-17(20)26-13-7-6-9(21(23)24)8-11(13)18/h6-8H,2-5H2,1H3. The molecule has 0 spiro atoms. The second-order valence-electron chi connectivity index (χ2n) is 6.12. The number of thiophene rings is 1. The van der Waals surface area contributed by atoms with Gasteiger partial charge in [0.05, 0.1) is 15.3 Å². The first-order valence-corrected chi connectivity index (χ1v) is 10.1. The van der Waals surface area contributed by atoms with E-state index in [0.717, 1.165) is 41.5 Å². The molecule has 1 aliphatic rings. The lowest BCUT2D eigenvalue weighted by molar-refractivity contribution is -0.384. The summed E-state index contributed by atoms with van der Waals surface area (Å²) in [5, 5.41) is 12.4. The molecule has 0 saturated heterocycles. The van der Waals surface area contributed by atoms with Gasteiger partial charge in [0, 0.05) is 29.0 Å². The van der Waals surface area contributed by atoms with Gasteiger partial charge in [-0.25, -0.2) is 4.98 Å². The topological polar surface area (TPSA) is 78.0 Å². The van der Waals surface area contributed by atoms with Crippen molar-refractivity contribution in [3.63, 3.8) is 0 Å². The number of hydrogen-bond acceptors (Lipinski definition) is 6.